The maximum atomic E-state index is 12.0. The minimum absolute atomic E-state index is 0.133. The molecular weight excluding hydrogens is 312 g/mol. The van der Waals surface area contributed by atoms with Gasteiger partial charge >= 0.3 is 0 Å². The van der Waals surface area contributed by atoms with Crippen LogP contribution < -0.4 is 5.32 Å². The monoisotopic (exact) mass is 324 g/mol. The Kier molecular flexibility index (Phi) is 3.48. The third-order valence-corrected chi connectivity index (χ3v) is 3.44. The molecule has 6 nitrogen and oxygen atoms in total. The van der Waals surface area contributed by atoms with Gasteiger partial charge in [0.05, 0.1) is 10.6 Å². The lowest BCUT2D eigenvalue weighted by molar-refractivity contribution is 0.0853. The molecule has 7 heteroatoms. The number of ether oxygens (including phenoxy) is 1. The number of aromatic nitrogens is 3. The van der Waals surface area contributed by atoms with Gasteiger partial charge in [0.1, 0.15) is 0 Å². The number of rotatable bonds is 3. The van der Waals surface area contributed by atoms with E-state index in [0.717, 1.165) is 23.9 Å². The zero-order chi connectivity index (χ0) is 13.2. The Morgan fingerprint density at radius 2 is 2.53 bits per heavy atom. The summed E-state index contributed by atoms with van der Waals surface area (Å²) in [5, 5.41) is 7.03. The normalized spacial score (nSPS) is 18.9. The van der Waals surface area contributed by atoms with E-state index >= 15 is 0 Å². The highest BCUT2D eigenvalue weighted by atomic mass is 79.9. The van der Waals surface area contributed by atoms with Crippen molar-refractivity contribution in [2.45, 2.75) is 18.9 Å². The molecule has 0 aromatic carbocycles. The van der Waals surface area contributed by atoms with Crippen LogP contribution in [0.1, 0.15) is 23.3 Å². The summed E-state index contributed by atoms with van der Waals surface area (Å²) in [5.41, 5.74) is 1.01. The minimum Gasteiger partial charge on any atom is -0.376 e. The summed E-state index contributed by atoms with van der Waals surface area (Å²) in [6.45, 7) is 1.32. The Bertz CT molecular complexity index is 607. The predicted octanol–water partition coefficient (Wildman–Crippen LogP) is 1.40. The molecule has 0 saturated carbocycles. The number of fused-ring (bicyclic) bond motifs is 1. The SMILES string of the molecule is O=C(NC[C@@H]1CCCO1)c1cc2ncc(Br)cn2n1. The third kappa shape index (κ3) is 2.76. The summed E-state index contributed by atoms with van der Waals surface area (Å²) in [7, 11) is 0. The molecule has 1 aliphatic heterocycles. The minimum atomic E-state index is -0.197. The Morgan fingerprint density at radius 3 is 3.32 bits per heavy atom. The average Bonchev–Trinajstić information content (AvgIpc) is 3.04. The van der Waals surface area contributed by atoms with Crippen molar-refractivity contribution in [3.05, 3.63) is 28.6 Å². The molecule has 1 atom stereocenters. The fraction of sp³-hybridized carbons (Fsp3) is 0.417. The molecule has 3 heterocycles. The molecule has 1 N–H and O–H groups in total. The molecule has 0 aliphatic carbocycles. The molecule has 2 aromatic rings. The van der Waals surface area contributed by atoms with Gasteiger partial charge < -0.3 is 10.1 Å². The van der Waals surface area contributed by atoms with Crippen molar-refractivity contribution in [2.75, 3.05) is 13.2 Å². The van der Waals surface area contributed by atoms with E-state index in [1.54, 1.807) is 23.0 Å². The van der Waals surface area contributed by atoms with E-state index in [2.05, 4.69) is 31.3 Å². The lowest BCUT2D eigenvalue weighted by Crippen LogP contribution is -2.32. The number of nitrogens with zero attached hydrogens (tertiary/aromatic N) is 3. The second-order valence-corrected chi connectivity index (χ2v) is 5.37. The molecule has 1 fully saturated rings. The van der Waals surface area contributed by atoms with E-state index in [0.29, 0.717) is 17.9 Å². The number of carbonyl (C=O) groups excluding carboxylic acids is 1. The van der Waals surface area contributed by atoms with Crippen LogP contribution in [0.3, 0.4) is 0 Å². The highest BCUT2D eigenvalue weighted by Gasteiger charge is 2.18. The van der Waals surface area contributed by atoms with Crippen LogP contribution in [0.25, 0.3) is 5.65 Å². The predicted molar refractivity (Wildman–Crippen MR) is 72.0 cm³/mol. The van der Waals surface area contributed by atoms with Gasteiger partial charge in [-0.1, -0.05) is 0 Å². The van der Waals surface area contributed by atoms with E-state index < -0.39 is 0 Å². The third-order valence-electron chi connectivity index (χ3n) is 3.03. The number of halogens is 1. The summed E-state index contributed by atoms with van der Waals surface area (Å²) >= 11 is 3.31. The van der Waals surface area contributed by atoms with Crippen LogP contribution in [0.15, 0.2) is 22.9 Å². The number of carbonyl (C=O) groups is 1. The van der Waals surface area contributed by atoms with Crippen LogP contribution in [0, 0.1) is 0 Å². The summed E-state index contributed by atoms with van der Waals surface area (Å²) < 4.78 is 7.84. The summed E-state index contributed by atoms with van der Waals surface area (Å²) in [6, 6.07) is 1.66. The smallest absolute Gasteiger partial charge is 0.271 e. The van der Waals surface area contributed by atoms with Crippen molar-refractivity contribution in [1.29, 1.82) is 0 Å². The Balaban J connectivity index is 1.70. The van der Waals surface area contributed by atoms with Gasteiger partial charge in [-0.2, -0.15) is 5.10 Å². The Labute approximate surface area is 118 Å². The first-order valence-corrected chi connectivity index (χ1v) is 6.92. The van der Waals surface area contributed by atoms with Crippen molar-refractivity contribution in [2.24, 2.45) is 0 Å². The molecule has 1 saturated heterocycles. The standard InChI is InChI=1S/C12H13BrN4O2/c13-8-5-14-11-4-10(16-17(11)7-8)12(18)15-6-9-2-1-3-19-9/h4-5,7,9H,1-3,6H2,(H,15,18)/t9-/m0/s1. The van der Waals surface area contributed by atoms with E-state index in [4.69, 9.17) is 4.74 Å². The molecule has 0 radical (unpaired) electrons. The molecule has 0 bridgehead atoms. The van der Waals surface area contributed by atoms with E-state index in [9.17, 15) is 4.79 Å². The van der Waals surface area contributed by atoms with Crippen LogP contribution in [-0.2, 0) is 4.74 Å². The fourth-order valence-electron chi connectivity index (χ4n) is 2.07. The van der Waals surface area contributed by atoms with Crippen molar-refractivity contribution >= 4 is 27.5 Å². The second kappa shape index (κ2) is 5.26. The first-order chi connectivity index (χ1) is 9.22. The van der Waals surface area contributed by atoms with Gasteiger partial charge in [-0.15, -0.1) is 0 Å². The molecular formula is C12H13BrN4O2. The fourth-order valence-corrected chi connectivity index (χ4v) is 2.36. The van der Waals surface area contributed by atoms with Gasteiger partial charge in [0.15, 0.2) is 11.3 Å². The molecule has 0 unspecified atom stereocenters. The van der Waals surface area contributed by atoms with Crippen LogP contribution in [-0.4, -0.2) is 39.8 Å². The van der Waals surface area contributed by atoms with Crippen molar-refractivity contribution in [1.82, 2.24) is 19.9 Å². The van der Waals surface area contributed by atoms with Gasteiger partial charge in [0.25, 0.3) is 5.91 Å². The van der Waals surface area contributed by atoms with Crippen LogP contribution >= 0.6 is 15.9 Å². The topological polar surface area (TPSA) is 68.5 Å². The maximum Gasteiger partial charge on any atom is 0.271 e. The first kappa shape index (κ1) is 12.6. The first-order valence-electron chi connectivity index (χ1n) is 6.13. The van der Waals surface area contributed by atoms with Crippen LogP contribution in [0.4, 0.5) is 0 Å². The Morgan fingerprint density at radius 1 is 1.63 bits per heavy atom. The van der Waals surface area contributed by atoms with Gasteiger partial charge in [-0.05, 0) is 28.8 Å². The van der Waals surface area contributed by atoms with Crippen molar-refractivity contribution < 1.29 is 9.53 Å². The molecule has 1 amide bonds. The zero-order valence-corrected chi connectivity index (χ0v) is 11.8. The lowest BCUT2D eigenvalue weighted by atomic mass is 10.2. The molecule has 0 spiro atoms. The number of hydrogen-bond donors (Lipinski definition) is 1. The number of amides is 1. The van der Waals surface area contributed by atoms with Gasteiger partial charge in [0.2, 0.25) is 0 Å². The molecule has 19 heavy (non-hydrogen) atoms. The van der Waals surface area contributed by atoms with Gasteiger partial charge in [-0.25, -0.2) is 9.50 Å². The van der Waals surface area contributed by atoms with E-state index in [1.165, 1.54) is 0 Å². The van der Waals surface area contributed by atoms with E-state index in [-0.39, 0.29) is 12.0 Å². The lowest BCUT2D eigenvalue weighted by Gasteiger charge is -2.09. The molecule has 3 rings (SSSR count). The van der Waals surface area contributed by atoms with E-state index in [1.807, 2.05) is 0 Å². The highest BCUT2D eigenvalue weighted by molar-refractivity contribution is 9.10. The van der Waals surface area contributed by atoms with Crippen molar-refractivity contribution in [3.8, 4) is 0 Å². The Hall–Kier alpha value is -1.47. The highest BCUT2D eigenvalue weighted by Crippen LogP contribution is 2.12. The average molecular weight is 325 g/mol. The summed E-state index contributed by atoms with van der Waals surface area (Å²) in [6.07, 6.45) is 5.63. The molecule has 100 valence electrons. The molecule has 1 aliphatic rings. The van der Waals surface area contributed by atoms with Crippen LogP contribution in [0.5, 0.6) is 0 Å². The quantitative estimate of drug-likeness (QED) is 0.926. The number of hydrogen-bond acceptors (Lipinski definition) is 4. The summed E-state index contributed by atoms with van der Waals surface area (Å²) in [5.74, 6) is -0.197. The van der Waals surface area contributed by atoms with Crippen LogP contribution in [0.2, 0.25) is 0 Å². The van der Waals surface area contributed by atoms with Gasteiger partial charge in [-0.3, -0.25) is 4.79 Å². The number of nitrogens with one attached hydrogen (secondary N) is 1. The molecule has 2 aromatic heterocycles. The largest absolute Gasteiger partial charge is 0.376 e. The van der Waals surface area contributed by atoms with Gasteiger partial charge in [0, 0.05) is 31.6 Å². The maximum absolute atomic E-state index is 12.0. The van der Waals surface area contributed by atoms with Crippen molar-refractivity contribution in [3.63, 3.8) is 0 Å². The summed E-state index contributed by atoms with van der Waals surface area (Å²) in [4.78, 5) is 16.1. The second-order valence-electron chi connectivity index (χ2n) is 4.45. The zero-order valence-electron chi connectivity index (χ0n) is 10.2.